The summed E-state index contributed by atoms with van der Waals surface area (Å²) in [4.78, 5) is 42.5. The lowest BCUT2D eigenvalue weighted by molar-refractivity contribution is 0.0473. The normalized spacial score (nSPS) is 21.1. The molecular formula is C49H57FN6O2. The lowest BCUT2D eigenvalue weighted by Gasteiger charge is -2.43. The highest BCUT2D eigenvalue weighted by atomic mass is 19.1. The number of rotatable bonds is 14. The molecule has 8 rings (SSSR count). The minimum absolute atomic E-state index is 0.0104. The fraction of sp³-hybridized carbons (Fsp3) is 0.388. The number of aromatic nitrogens is 2. The summed E-state index contributed by atoms with van der Waals surface area (Å²) in [6.07, 6.45) is 7.53. The molecule has 2 amide bonds. The molecule has 8 nitrogen and oxygen atoms in total. The van der Waals surface area contributed by atoms with E-state index in [4.69, 9.17) is 0 Å². The van der Waals surface area contributed by atoms with E-state index >= 15 is 0 Å². The van der Waals surface area contributed by atoms with Crippen LogP contribution >= 0.6 is 0 Å². The first-order chi connectivity index (χ1) is 28.3. The first-order valence-electron chi connectivity index (χ1n) is 21.3. The zero-order chi connectivity index (χ0) is 40.0. The second kappa shape index (κ2) is 18.1. The van der Waals surface area contributed by atoms with Crippen molar-refractivity contribution in [3.8, 4) is 0 Å². The van der Waals surface area contributed by atoms with Crippen molar-refractivity contribution in [2.45, 2.75) is 95.5 Å². The quantitative estimate of drug-likeness (QED) is 0.103. The third kappa shape index (κ3) is 9.22. The highest BCUT2D eigenvalue weighted by molar-refractivity contribution is 5.99. The molecule has 302 valence electrons. The number of nitrogens with one attached hydrogen (secondary N) is 3. The molecule has 3 unspecified atom stereocenters. The molecule has 9 heteroatoms. The molecule has 58 heavy (non-hydrogen) atoms. The highest BCUT2D eigenvalue weighted by Crippen LogP contribution is 2.34. The Morgan fingerprint density at radius 2 is 1.33 bits per heavy atom. The summed E-state index contributed by atoms with van der Waals surface area (Å²) in [6, 6.07) is 38.1. The third-order valence-corrected chi connectivity index (χ3v) is 12.8. The number of fused-ring (bicyclic) bond motifs is 2. The van der Waals surface area contributed by atoms with Crippen molar-refractivity contribution in [3.05, 3.63) is 144 Å². The van der Waals surface area contributed by atoms with Gasteiger partial charge in [0.05, 0.1) is 0 Å². The minimum Gasteiger partial charge on any atom is -0.351 e. The minimum atomic E-state index is -0.240. The van der Waals surface area contributed by atoms with Crippen LogP contribution in [-0.2, 0) is 13.1 Å². The van der Waals surface area contributed by atoms with Crippen molar-refractivity contribution in [1.82, 2.24) is 30.0 Å². The van der Waals surface area contributed by atoms with Gasteiger partial charge in [-0.3, -0.25) is 14.5 Å². The largest absolute Gasteiger partial charge is 0.351 e. The van der Waals surface area contributed by atoms with Gasteiger partial charge in [0, 0.05) is 72.2 Å². The zero-order valence-electron chi connectivity index (χ0n) is 33.9. The van der Waals surface area contributed by atoms with E-state index in [-0.39, 0.29) is 41.7 Å². The SMILES string of the molecule is CCN(C(=O)c1cc2ccccc2[nH]1)C1CC(CCN(C(=O)c2cc3ccccc3[nH]2)[C@H]2CCC[C@@H](N(C)Cc3ccccc3)C2)CC(NCc2cccc(F)c2)C1. The summed E-state index contributed by atoms with van der Waals surface area (Å²) in [7, 11) is 2.22. The maximum atomic E-state index is 14.7. The number of amides is 2. The second-order valence-corrected chi connectivity index (χ2v) is 16.7. The molecule has 0 spiro atoms. The third-order valence-electron chi connectivity index (χ3n) is 12.8. The average molecular weight is 781 g/mol. The van der Waals surface area contributed by atoms with Crippen molar-refractivity contribution < 1.29 is 14.0 Å². The number of halogens is 1. The van der Waals surface area contributed by atoms with Crippen LogP contribution in [0, 0.1) is 11.7 Å². The number of carbonyl (C=O) groups is 2. The van der Waals surface area contributed by atoms with Gasteiger partial charge in [0.15, 0.2) is 0 Å². The van der Waals surface area contributed by atoms with Crippen molar-refractivity contribution in [3.63, 3.8) is 0 Å². The summed E-state index contributed by atoms with van der Waals surface area (Å²) in [6.45, 7) is 4.73. The molecule has 0 aliphatic heterocycles. The van der Waals surface area contributed by atoms with Gasteiger partial charge >= 0.3 is 0 Å². The van der Waals surface area contributed by atoms with E-state index in [1.54, 1.807) is 12.1 Å². The van der Waals surface area contributed by atoms with Crippen molar-refractivity contribution in [2.24, 2.45) is 5.92 Å². The molecule has 2 aliphatic carbocycles. The Morgan fingerprint density at radius 1 is 0.690 bits per heavy atom. The van der Waals surface area contributed by atoms with E-state index in [1.165, 1.54) is 11.6 Å². The summed E-state index contributed by atoms with van der Waals surface area (Å²) in [5.74, 6) is 0.101. The number of H-pyrrole nitrogens is 2. The van der Waals surface area contributed by atoms with Gasteiger partial charge in [-0.1, -0.05) is 78.9 Å². The monoisotopic (exact) mass is 780 g/mol. The van der Waals surface area contributed by atoms with Crippen molar-refractivity contribution in [1.29, 1.82) is 0 Å². The number of aromatic amines is 2. The Morgan fingerprint density at radius 3 is 2.00 bits per heavy atom. The summed E-state index contributed by atoms with van der Waals surface area (Å²) >= 11 is 0. The van der Waals surface area contributed by atoms with E-state index in [0.717, 1.165) is 85.3 Å². The Balaban J connectivity index is 1.03. The molecule has 3 N–H and O–H groups in total. The Hall–Kier alpha value is -5.25. The van der Waals surface area contributed by atoms with Crippen LogP contribution in [0.3, 0.4) is 0 Å². The van der Waals surface area contributed by atoms with Crippen LogP contribution in [0.1, 0.15) is 90.4 Å². The predicted octanol–water partition coefficient (Wildman–Crippen LogP) is 9.55. The lowest BCUT2D eigenvalue weighted by Crippen LogP contribution is -2.50. The first-order valence-corrected chi connectivity index (χ1v) is 21.3. The molecule has 0 bridgehead atoms. The summed E-state index contributed by atoms with van der Waals surface area (Å²) in [5.41, 5.74) is 5.37. The second-order valence-electron chi connectivity index (χ2n) is 16.7. The van der Waals surface area contributed by atoms with Gasteiger partial charge in [-0.15, -0.1) is 0 Å². The fourth-order valence-corrected chi connectivity index (χ4v) is 9.82. The van der Waals surface area contributed by atoms with E-state index in [0.29, 0.717) is 37.1 Å². The molecule has 0 radical (unpaired) electrons. The van der Waals surface area contributed by atoms with Gasteiger partial charge in [-0.2, -0.15) is 0 Å². The topological polar surface area (TPSA) is 87.5 Å². The average Bonchev–Trinajstić information content (AvgIpc) is 3.89. The molecule has 4 aromatic carbocycles. The number of para-hydroxylation sites is 2. The number of hydrogen-bond acceptors (Lipinski definition) is 4. The van der Waals surface area contributed by atoms with Crippen LogP contribution in [0.2, 0.25) is 0 Å². The maximum absolute atomic E-state index is 14.7. The van der Waals surface area contributed by atoms with Crippen LogP contribution in [0.25, 0.3) is 21.8 Å². The molecule has 6 aromatic rings. The lowest BCUT2D eigenvalue weighted by atomic mass is 9.79. The van der Waals surface area contributed by atoms with Gasteiger partial charge in [-0.25, -0.2) is 4.39 Å². The predicted molar refractivity (Wildman–Crippen MR) is 231 cm³/mol. The van der Waals surface area contributed by atoms with Gasteiger partial charge in [0.2, 0.25) is 0 Å². The fourth-order valence-electron chi connectivity index (χ4n) is 9.82. The Labute approximate surface area is 341 Å². The van der Waals surface area contributed by atoms with Crippen LogP contribution in [0.5, 0.6) is 0 Å². The van der Waals surface area contributed by atoms with E-state index in [1.807, 2.05) is 65.6 Å². The molecule has 0 saturated heterocycles. The van der Waals surface area contributed by atoms with Crippen molar-refractivity contribution >= 4 is 33.6 Å². The Bertz CT molecular complexity index is 2240. The van der Waals surface area contributed by atoms with Crippen LogP contribution in [0.4, 0.5) is 4.39 Å². The number of hydrogen-bond donors (Lipinski definition) is 3. The van der Waals surface area contributed by atoms with Gasteiger partial charge in [-0.05, 0) is 119 Å². The van der Waals surface area contributed by atoms with E-state index < -0.39 is 0 Å². The van der Waals surface area contributed by atoms with Gasteiger partial charge in [0.1, 0.15) is 17.2 Å². The van der Waals surface area contributed by atoms with E-state index in [9.17, 15) is 14.0 Å². The van der Waals surface area contributed by atoms with Gasteiger partial charge < -0.3 is 25.1 Å². The van der Waals surface area contributed by atoms with Crippen molar-refractivity contribution in [2.75, 3.05) is 20.1 Å². The van der Waals surface area contributed by atoms with Crippen LogP contribution in [0.15, 0.2) is 115 Å². The number of nitrogens with zero attached hydrogens (tertiary/aromatic N) is 3. The van der Waals surface area contributed by atoms with Crippen LogP contribution < -0.4 is 5.32 Å². The zero-order valence-corrected chi connectivity index (χ0v) is 33.9. The molecule has 2 aliphatic rings. The van der Waals surface area contributed by atoms with Gasteiger partial charge in [0.25, 0.3) is 11.8 Å². The highest BCUT2D eigenvalue weighted by Gasteiger charge is 2.37. The standard InChI is InChI=1S/C49H57FN6O2/c1-3-55(48(57)46-28-37-16-7-9-21-44(37)52-46)43-27-35(26-40(30-43)51-32-36-15-11-18-39(50)25-36)23-24-56(49(58)47-29-38-17-8-10-22-45(38)53-47)42-20-12-19-41(31-42)54(2)33-34-13-5-4-6-14-34/h4-11,13-18,21-22,25,28-29,35,40-43,51-53H,3,12,19-20,23-24,26-27,30-33H2,1-2H3/t35?,40?,41-,42+,43?/m1/s1. The molecular weight excluding hydrogens is 724 g/mol. The summed E-state index contributed by atoms with van der Waals surface area (Å²) in [5, 5.41) is 5.81. The number of benzene rings is 4. The van der Waals surface area contributed by atoms with Crippen LogP contribution in [-0.4, -0.2) is 80.8 Å². The molecule has 2 fully saturated rings. The number of carbonyl (C=O) groups excluding carboxylic acids is 2. The molecule has 2 aromatic heterocycles. The smallest absolute Gasteiger partial charge is 0.270 e. The Kier molecular flexibility index (Phi) is 12.4. The molecule has 2 saturated carbocycles. The maximum Gasteiger partial charge on any atom is 0.270 e. The van der Waals surface area contributed by atoms with E-state index in [2.05, 4.69) is 75.5 Å². The summed E-state index contributed by atoms with van der Waals surface area (Å²) < 4.78 is 14.2. The first kappa shape index (κ1) is 39.6. The molecule has 2 heterocycles. The molecule has 5 atom stereocenters.